The third-order valence-electron chi connectivity index (χ3n) is 4.83. The maximum absolute atomic E-state index is 12.9. The summed E-state index contributed by atoms with van der Waals surface area (Å²) >= 11 is 3.65. The number of ketones is 1. The fourth-order valence-electron chi connectivity index (χ4n) is 3.39. The van der Waals surface area contributed by atoms with Crippen molar-refractivity contribution in [3.8, 4) is 0 Å². The molecule has 0 unspecified atom stereocenters. The molecule has 0 N–H and O–H groups in total. The van der Waals surface area contributed by atoms with Gasteiger partial charge < -0.3 is 0 Å². The number of fused-ring (bicyclic) bond motifs is 3. The summed E-state index contributed by atoms with van der Waals surface area (Å²) in [5.41, 5.74) is 0.786. The molecule has 3 heteroatoms. The minimum atomic E-state index is -0.0980. The van der Waals surface area contributed by atoms with Crippen LogP contribution in [0, 0.1) is 0 Å². The third-order valence-corrected chi connectivity index (χ3v) is 5.49. The number of carbonyl (C=O) groups excluding carboxylic acids is 1. The zero-order chi connectivity index (χ0) is 17.3. The van der Waals surface area contributed by atoms with Crippen LogP contribution in [0.4, 0.5) is 0 Å². The van der Waals surface area contributed by atoms with Gasteiger partial charge in [-0.3, -0.25) is 9.69 Å². The molecule has 0 aliphatic carbocycles. The number of benzene rings is 3. The summed E-state index contributed by atoms with van der Waals surface area (Å²) in [4.78, 5) is 15.1. The van der Waals surface area contributed by atoms with Crippen LogP contribution in [0.1, 0.15) is 31.1 Å². The van der Waals surface area contributed by atoms with E-state index in [4.69, 9.17) is 0 Å². The molecule has 0 radical (unpaired) electrons. The fraction of sp³-hybridized carbons (Fsp3) is 0.286. The maximum Gasteiger partial charge on any atom is 0.179 e. The van der Waals surface area contributed by atoms with Gasteiger partial charge in [0.25, 0.3) is 0 Å². The summed E-state index contributed by atoms with van der Waals surface area (Å²) in [6, 6.07) is 16.4. The molecule has 0 aromatic heterocycles. The third kappa shape index (κ3) is 2.99. The molecule has 3 rings (SSSR count). The van der Waals surface area contributed by atoms with Gasteiger partial charge in [-0.15, -0.1) is 0 Å². The Bertz CT molecular complexity index is 899. The van der Waals surface area contributed by atoms with Gasteiger partial charge in [-0.2, -0.15) is 0 Å². The van der Waals surface area contributed by atoms with E-state index in [1.54, 1.807) is 0 Å². The van der Waals surface area contributed by atoms with E-state index in [-0.39, 0.29) is 11.8 Å². The highest BCUT2D eigenvalue weighted by molar-refractivity contribution is 9.10. The maximum atomic E-state index is 12.9. The van der Waals surface area contributed by atoms with E-state index in [2.05, 4.69) is 58.9 Å². The molecule has 24 heavy (non-hydrogen) atoms. The number of hydrogen-bond acceptors (Lipinski definition) is 2. The monoisotopic (exact) mass is 383 g/mol. The van der Waals surface area contributed by atoms with Gasteiger partial charge in [0.15, 0.2) is 5.78 Å². The summed E-state index contributed by atoms with van der Waals surface area (Å²) in [6.45, 7) is 7.95. The van der Waals surface area contributed by atoms with E-state index in [0.29, 0.717) is 0 Å². The zero-order valence-corrected chi connectivity index (χ0v) is 15.9. The number of carbonyl (C=O) groups is 1. The summed E-state index contributed by atoms with van der Waals surface area (Å²) in [5, 5.41) is 4.62. The van der Waals surface area contributed by atoms with Crippen molar-refractivity contribution >= 4 is 43.3 Å². The summed E-state index contributed by atoms with van der Waals surface area (Å²) in [5.74, 6) is 0.188. The number of hydrogen-bond donors (Lipinski definition) is 0. The second-order valence-corrected chi connectivity index (χ2v) is 6.96. The van der Waals surface area contributed by atoms with E-state index in [9.17, 15) is 4.79 Å². The molecular weight excluding hydrogens is 362 g/mol. The van der Waals surface area contributed by atoms with Crippen molar-refractivity contribution in [2.75, 3.05) is 13.1 Å². The largest absolute Gasteiger partial charge is 0.294 e. The summed E-state index contributed by atoms with van der Waals surface area (Å²) in [6.07, 6.45) is 0. The van der Waals surface area contributed by atoms with Crippen molar-refractivity contribution in [3.63, 3.8) is 0 Å². The highest BCUT2D eigenvalue weighted by Gasteiger charge is 2.20. The Labute approximate surface area is 151 Å². The fourth-order valence-corrected chi connectivity index (χ4v) is 3.98. The molecular formula is C21H22BrNO. The Balaban J connectivity index is 2.13. The second-order valence-electron chi connectivity index (χ2n) is 6.10. The Kier molecular flexibility index (Phi) is 5.02. The topological polar surface area (TPSA) is 20.3 Å². The number of halogens is 1. The molecule has 0 saturated carbocycles. The molecule has 0 fully saturated rings. The number of rotatable bonds is 5. The van der Waals surface area contributed by atoms with Crippen molar-refractivity contribution in [1.29, 1.82) is 0 Å². The Hall–Kier alpha value is -1.71. The summed E-state index contributed by atoms with van der Waals surface area (Å²) in [7, 11) is 0. The average Bonchev–Trinajstić information content (AvgIpc) is 2.62. The molecule has 0 saturated heterocycles. The van der Waals surface area contributed by atoms with E-state index >= 15 is 0 Å². The Morgan fingerprint density at radius 2 is 1.67 bits per heavy atom. The van der Waals surface area contributed by atoms with Crippen molar-refractivity contribution in [2.45, 2.75) is 26.8 Å². The lowest BCUT2D eigenvalue weighted by Crippen LogP contribution is -2.38. The van der Waals surface area contributed by atoms with Gasteiger partial charge in [-0.05, 0) is 53.7 Å². The Morgan fingerprint density at radius 3 is 2.33 bits per heavy atom. The molecule has 124 valence electrons. The van der Waals surface area contributed by atoms with E-state index in [0.717, 1.165) is 33.9 Å². The van der Waals surface area contributed by atoms with Crippen LogP contribution in [-0.4, -0.2) is 29.8 Å². The van der Waals surface area contributed by atoms with Crippen LogP contribution in [-0.2, 0) is 0 Å². The normalized spacial score (nSPS) is 12.9. The number of nitrogens with zero attached hydrogens (tertiary/aromatic N) is 1. The SMILES string of the molecule is CCN(CC)[C@H](C)C(=O)c1ccc2cc(Br)c3ccccc3c2c1. The molecule has 1 atom stereocenters. The zero-order valence-electron chi connectivity index (χ0n) is 14.3. The number of Topliss-reactive ketones (excluding diaryl/α,β-unsaturated/α-hetero) is 1. The smallest absolute Gasteiger partial charge is 0.179 e. The lowest BCUT2D eigenvalue weighted by atomic mass is 9.96. The van der Waals surface area contributed by atoms with E-state index < -0.39 is 0 Å². The van der Waals surface area contributed by atoms with Crippen LogP contribution in [0.3, 0.4) is 0 Å². The molecule has 0 aliphatic rings. The highest BCUT2D eigenvalue weighted by Crippen LogP contribution is 2.32. The van der Waals surface area contributed by atoms with Crippen LogP contribution in [0.5, 0.6) is 0 Å². The first-order valence-corrected chi connectivity index (χ1v) is 9.25. The first-order valence-electron chi connectivity index (χ1n) is 8.46. The quantitative estimate of drug-likeness (QED) is 0.417. The minimum Gasteiger partial charge on any atom is -0.294 e. The molecule has 3 aromatic rings. The predicted molar refractivity (Wildman–Crippen MR) is 106 cm³/mol. The van der Waals surface area contributed by atoms with Gasteiger partial charge in [0.1, 0.15) is 0 Å². The van der Waals surface area contributed by atoms with Crippen LogP contribution < -0.4 is 0 Å². The van der Waals surface area contributed by atoms with Gasteiger partial charge in [-0.25, -0.2) is 0 Å². The van der Waals surface area contributed by atoms with Crippen LogP contribution in [0.2, 0.25) is 0 Å². The van der Waals surface area contributed by atoms with Gasteiger partial charge in [0.05, 0.1) is 6.04 Å². The van der Waals surface area contributed by atoms with Crippen LogP contribution >= 0.6 is 15.9 Å². The van der Waals surface area contributed by atoms with Gasteiger partial charge in [0, 0.05) is 10.0 Å². The Morgan fingerprint density at radius 1 is 1.00 bits per heavy atom. The molecule has 0 amide bonds. The van der Waals surface area contributed by atoms with Gasteiger partial charge in [0.2, 0.25) is 0 Å². The first kappa shape index (κ1) is 17.1. The first-order chi connectivity index (χ1) is 11.6. The van der Waals surface area contributed by atoms with Gasteiger partial charge >= 0.3 is 0 Å². The van der Waals surface area contributed by atoms with Crippen molar-refractivity contribution in [1.82, 2.24) is 4.90 Å². The second kappa shape index (κ2) is 7.04. The number of likely N-dealkylation sites (N-methyl/N-ethyl adjacent to an activating group) is 1. The predicted octanol–water partition coefficient (Wildman–Crippen LogP) is 5.67. The van der Waals surface area contributed by atoms with Crippen molar-refractivity contribution in [3.05, 3.63) is 58.6 Å². The van der Waals surface area contributed by atoms with E-state index in [1.807, 2.05) is 31.2 Å². The van der Waals surface area contributed by atoms with Crippen LogP contribution in [0.15, 0.2) is 53.0 Å². The molecule has 3 aromatic carbocycles. The summed E-state index contributed by atoms with van der Waals surface area (Å²) < 4.78 is 1.08. The minimum absolute atomic E-state index is 0.0980. The molecule has 0 aliphatic heterocycles. The standard InChI is InChI=1S/C21H22BrNO/c1-4-23(5-2)14(3)21(24)16-11-10-15-13-20(22)18-9-7-6-8-17(18)19(15)12-16/h6-14H,4-5H2,1-3H3/t14-/m1/s1. The van der Waals surface area contributed by atoms with Crippen LogP contribution in [0.25, 0.3) is 21.5 Å². The highest BCUT2D eigenvalue weighted by atomic mass is 79.9. The van der Waals surface area contributed by atoms with Gasteiger partial charge in [-0.1, -0.05) is 66.2 Å². The molecule has 0 heterocycles. The molecule has 2 nitrogen and oxygen atoms in total. The van der Waals surface area contributed by atoms with E-state index in [1.165, 1.54) is 10.8 Å². The molecule has 0 spiro atoms. The van der Waals surface area contributed by atoms with Crippen molar-refractivity contribution < 1.29 is 4.79 Å². The average molecular weight is 384 g/mol. The lowest BCUT2D eigenvalue weighted by Gasteiger charge is -2.25. The molecule has 0 bridgehead atoms. The van der Waals surface area contributed by atoms with Crippen molar-refractivity contribution in [2.24, 2.45) is 0 Å². The lowest BCUT2D eigenvalue weighted by molar-refractivity contribution is 0.0851.